The summed E-state index contributed by atoms with van der Waals surface area (Å²) in [6, 6.07) is 3.37. The van der Waals surface area contributed by atoms with Gasteiger partial charge in [0.25, 0.3) is 5.91 Å². The first-order valence-electron chi connectivity index (χ1n) is 16.1. The van der Waals surface area contributed by atoms with Gasteiger partial charge in [-0.2, -0.15) is 0 Å². The second kappa shape index (κ2) is 12.4. The Balaban J connectivity index is 1.25. The number of H-pyrrole nitrogens is 1. The number of rotatable bonds is 10. The van der Waals surface area contributed by atoms with E-state index in [1.807, 2.05) is 0 Å². The molecule has 0 spiro atoms. The molecule has 0 bridgehead atoms. The van der Waals surface area contributed by atoms with Gasteiger partial charge in [0.1, 0.15) is 23.6 Å². The average Bonchev–Trinajstić information content (AvgIpc) is 3.55. The third-order valence-electron chi connectivity index (χ3n) is 10.8. The molecule has 2 saturated carbocycles. The number of Topliss-reactive ketones (excluding diaryl/α,β-unsaturated/α-hetero) is 1. The summed E-state index contributed by atoms with van der Waals surface area (Å²) in [7, 11) is 0. The molecule has 6 rings (SSSR count). The number of carbonyl (C=O) groups excluding carboxylic acids is 5. The molecular weight excluding hydrogens is 601 g/mol. The molecule has 1 aromatic heterocycles. The Bertz CT molecular complexity index is 1520. The molecule has 4 amide bonds. The van der Waals surface area contributed by atoms with Crippen LogP contribution in [0.1, 0.15) is 69.3 Å². The lowest BCUT2D eigenvalue weighted by molar-refractivity contribution is -0.143. The highest BCUT2D eigenvalue weighted by Crippen LogP contribution is 2.65. The molecule has 1 aromatic carbocycles. The van der Waals surface area contributed by atoms with E-state index >= 15 is 0 Å². The molecule has 2 unspecified atom stereocenters. The number of nitrogens with zero attached hydrogens (tertiary/aromatic N) is 1. The van der Waals surface area contributed by atoms with Gasteiger partial charge in [0, 0.05) is 29.9 Å². The minimum absolute atomic E-state index is 0.0966. The number of aromatic amines is 1. The zero-order valence-electron chi connectivity index (χ0n) is 25.7. The molecule has 6 atom stereocenters. The first-order valence-corrected chi connectivity index (χ1v) is 16.6. The second-order valence-electron chi connectivity index (χ2n) is 13.8. The second-order valence-corrected chi connectivity index (χ2v) is 14.1. The van der Waals surface area contributed by atoms with Crippen molar-refractivity contribution in [1.29, 1.82) is 0 Å². The lowest BCUT2D eigenvalue weighted by atomic mass is 9.83. The Morgan fingerprint density at radius 1 is 1.11 bits per heavy atom. The average molecular weight is 642 g/mol. The summed E-state index contributed by atoms with van der Waals surface area (Å²) in [5.41, 5.74) is 0.464. The number of ketones is 1. The van der Waals surface area contributed by atoms with Gasteiger partial charge in [-0.15, -0.1) is 11.6 Å². The Kier molecular flexibility index (Phi) is 8.67. The van der Waals surface area contributed by atoms with Crippen LogP contribution in [0.2, 0.25) is 0 Å². The number of likely N-dealkylation sites (tertiary alicyclic amines) is 1. The summed E-state index contributed by atoms with van der Waals surface area (Å²) < 4.78 is 14.4. The minimum Gasteiger partial charge on any atom is -0.356 e. The fraction of sp³-hybridized carbons (Fsp3) is 0.606. The van der Waals surface area contributed by atoms with Crippen molar-refractivity contribution in [3.8, 4) is 0 Å². The van der Waals surface area contributed by atoms with Crippen LogP contribution in [0.4, 0.5) is 4.39 Å². The number of halogens is 2. The number of nitrogens with one attached hydrogen (secondary N) is 4. The maximum Gasteiger partial charge on any atom is 0.268 e. The van der Waals surface area contributed by atoms with Crippen LogP contribution in [0.3, 0.4) is 0 Å². The van der Waals surface area contributed by atoms with Gasteiger partial charge < -0.3 is 25.8 Å². The highest BCUT2D eigenvalue weighted by atomic mass is 35.5. The fourth-order valence-electron chi connectivity index (χ4n) is 8.08. The molecule has 0 radical (unpaired) electrons. The predicted octanol–water partition coefficient (Wildman–Crippen LogP) is 3.29. The van der Waals surface area contributed by atoms with E-state index in [0.717, 1.165) is 32.1 Å². The number of hydrogen-bond donors (Lipinski definition) is 4. The monoisotopic (exact) mass is 641 g/mol. The molecular formula is C33H41ClFN5O5. The van der Waals surface area contributed by atoms with Crippen molar-refractivity contribution >= 4 is 51.9 Å². The van der Waals surface area contributed by atoms with E-state index in [2.05, 4.69) is 34.8 Å². The summed E-state index contributed by atoms with van der Waals surface area (Å²) >= 11 is 5.90. The van der Waals surface area contributed by atoms with E-state index in [1.54, 1.807) is 17.0 Å². The summed E-state index contributed by atoms with van der Waals surface area (Å²) in [4.78, 5) is 71.6. The molecule has 2 aliphatic carbocycles. The third-order valence-corrected chi connectivity index (χ3v) is 11.1. The first kappa shape index (κ1) is 31.5. The molecule has 242 valence electrons. The topological polar surface area (TPSA) is 140 Å². The molecule has 4 N–H and O–H groups in total. The van der Waals surface area contributed by atoms with Crippen LogP contribution in [-0.2, 0) is 19.2 Å². The van der Waals surface area contributed by atoms with Crippen molar-refractivity contribution in [2.75, 3.05) is 19.0 Å². The van der Waals surface area contributed by atoms with E-state index in [4.69, 9.17) is 11.6 Å². The number of piperidine rings is 1. The SMILES string of the molecule is CC1(C)[C@@H]2[C@@H](C(=O)NC(C[C@@H]3CCNC3=O)C(=O)CCl)N(C(=O)C(NC(=O)c3cc4c(F)cccc4[nH]3)C3CCCCC3)C[C@@H]21. The molecule has 2 saturated heterocycles. The smallest absolute Gasteiger partial charge is 0.268 e. The standard InChI is InChI=1S/C33H41ClFN5O5/c1-33(2)20-16-40(28(26(20)33)31(44)38-23(25(41)15-34)13-18-11-12-36-29(18)42)32(45)27(17-7-4-3-5-8-17)39-30(43)24-14-19-21(35)9-6-10-22(19)37-24/h6,9-10,14,17-18,20,23,26-28,37H,3-5,7-8,11-13,15-16H2,1-2H3,(H,36,42)(H,38,44)(H,39,43)/t18-,20-,23?,26-,27?,28-/m0/s1. The molecule has 3 heterocycles. The van der Waals surface area contributed by atoms with E-state index in [-0.39, 0.29) is 64.1 Å². The number of hydrogen-bond acceptors (Lipinski definition) is 5. The maximum absolute atomic E-state index is 14.4. The molecule has 10 nitrogen and oxygen atoms in total. The summed E-state index contributed by atoms with van der Waals surface area (Å²) in [5.74, 6) is -3.10. The maximum atomic E-state index is 14.4. The Morgan fingerprint density at radius 3 is 2.53 bits per heavy atom. The number of amides is 4. The van der Waals surface area contributed by atoms with Gasteiger partial charge in [0.15, 0.2) is 5.78 Å². The highest BCUT2D eigenvalue weighted by Gasteiger charge is 2.69. The fourth-order valence-corrected chi connectivity index (χ4v) is 8.26. The Hall–Kier alpha value is -3.47. The van der Waals surface area contributed by atoms with E-state index in [0.29, 0.717) is 25.0 Å². The number of fused-ring (bicyclic) bond motifs is 2. The largest absolute Gasteiger partial charge is 0.356 e. The van der Waals surface area contributed by atoms with Crippen LogP contribution in [0.15, 0.2) is 24.3 Å². The molecule has 4 fully saturated rings. The van der Waals surface area contributed by atoms with Crippen LogP contribution in [-0.4, -0.2) is 76.4 Å². The van der Waals surface area contributed by atoms with Gasteiger partial charge in [-0.3, -0.25) is 24.0 Å². The lowest BCUT2D eigenvalue weighted by Gasteiger charge is -2.37. The molecule has 45 heavy (non-hydrogen) atoms. The summed E-state index contributed by atoms with van der Waals surface area (Å²) in [6.45, 7) is 5.03. The first-order chi connectivity index (χ1) is 21.5. The number of aromatic nitrogens is 1. The van der Waals surface area contributed by atoms with Crippen molar-refractivity contribution in [2.45, 2.75) is 76.9 Å². The van der Waals surface area contributed by atoms with Crippen LogP contribution in [0.25, 0.3) is 10.9 Å². The van der Waals surface area contributed by atoms with Gasteiger partial charge in [0.05, 0.1) is 11.9 Å². The van der Waals surface area contributed by atoms with Gasteiger partial charge in [0.2, 0.25) is 17.7 Å². The quantitative estimate of drug-likeness (QED) is 0.295. The lowest BCUT2D eigenvalue weighted by Crippen LogP contribution is -2.59. The number of benzene rings is 1. The van der Waals surface area contributed by atoms with E-state index in [9.17, 15) is 28.4 Å². The van der Waals surface area contributed by atoms with Crippen LogP contribution < -0.4 is 16.0 Å². The van der Waals surface area contributed by atoms with Gasteiger partial charge in [-0.25, -0.2) is 4.39 Å². The van der Waals surface area contributed by atoms with Crippen LogP contribution in [0.5, 0.6) is 0 Å². The number of alkyl halides is 1. The van der Waals surface area contributed by atoms with Crippen molar-refractivity contribution < 1.29 is 28.4 Å². The predicted molar refractivity (Wildman–Crippen MR) is 166 cm³/mol. The highest BCUT2D eigenvalue weighted by molar-refractivity contribution is 6.28. The third kappa shape index (κ3) is 5.95. The molecule has 2 aliphatic heterocycles. The minimum atomic E-state index is -0.946. The van der Waals surface area contributed by atoms with Gasteiger partial charge >= 0.3 is 0 Å². The van der Waals surface area contributed by atoms with Crippen molar-refractivity contribution in [3.05, 3.63) is 35.8 Å². The van der Waals surface area contributed by atoms with Crippen molar-refractivity contribution in [3.63, 3.8) is 0 Å². The summed E-state index contributed by atoms with van der Waals surface area (Å²) in [6.07, 6.45) is 5.15. The molecule has 2 aromatic rings. The van der Waals surface area contributed by atoms with Crippen molar-refractivity contribution in [2.24, 2.45) is 29.1 Å². The van der Waals surface area contributed by atoms with Gasteiger partial charge in [-0.1, -0.05) is 39.2 Å². The van der Waals surface area contributed by atoms with Crippen LogP contribution in [0, 0.1) is 34.9 Å². The van der Waals surface area contributed by atoms with Gasteiger partial charge in [-0.05, 0) is 67.1 Å². The molecule has 12 heteroatoms. The zero-order chi connectivity index (χ0) is 32.0. The molecule has 4 aliphatic rings. The normalized spacial score (nSPS) is 27.0. The van der Waals surface area contributed by atoms with E-state index < -0.39 is 41.7 Å². The Labute approximate surface area is 266 Å². The zero-order valence-corrected chi connectivity index (χ0v) is 26.4. The number of carbonyl (C=O) groups is 5. The van der Waals surface area contributed by atoms with Crippen LogP contribution >= 0.6 is 11.6 Å². The van der Waals surface area contributed by atoms with Crippen molar-refractivity contribution in [1.82, 2.24) is 25.8 Å². The summed E-state index contributed by atoms with van der Waals surface area (Å²) in [5, 5.41) is 8.88. The van der Waals surface area contributed by atoms with E-state index in [1.165, 1.54) is 12.1 Å². The Morgan fingerprint density at radius 2 is 1.87 bits per heavy atom.